The average Bonchev–Trinajstić information content (AvgIpc) is 2.84. The number of hydrogen-bond acceptors (Lipinski definition) is 3. The van der Waals surface area contributed by atoms with Gasteiger partial charge in [-0.3, -0.25) is 0 Å². The van der Waals surface area contributed by atoms with Gasteiger partial charge < -0.3 is 14.2 Å². The molecule has 0 N–H and O–H groups in total. The maximum absolute atomic E-state index is 6.24. The molecule has 0 saturated carbocycles. The van der Waals surface area contributed by atoms with Gasteiger partial charge in [-0.05, 0) is 44.0 Å². The molecule has 4 heteroatoms. The van der Waals surface area contributed by atoms with Gasteiger partial charge >= 0.3 is 0 Å². The van der Waals surface area contributed by atoms with E-state index >= 15 is 0 Å². The Hall–Kier alpha value is -3.79. The first-order valence-corrected chi connectivity index (χ1v) is 11.6. The number of hydrogen-bond donors (Lipinski definition) is 0. The van der Waals surface area contributed by atoms with Crippen molar-refractivity contribution >= 4 is 32.4 Å². The number of fused-ring (bicyclic) bond motifs is 5. The van der Waals surface area contributed by atoms with Gasteiger partial charge in [-0.15, -0.1) is 0 Å². The van der Waals surface area contributed by atoms with Crippen molar-refractivity contribution < 1.29 is 18.8 Å². The summed E-state index contributed by atoms with van der Waals surface area (Å²) in [5.41, 5.74) is 4.41. The van der Waals surface area contributed by atoms with Crippen LogP contribution < -0.4 is 18.8 Å². The summed E-state index contributed by atoms with van der Waals surface area (Å²) in [6, 6.07) is 21.2. The minimum atomic E-state index is 0.104. The monoisotopic (exact) mass is 452 g/mol. The quantitative estimate of drug-likeness (QED) is 0.218. The largest absolute Gasteiger partial charge is 0.493 e. The van der Waals surface area contributed by atoms with Crippen LogP contribution in [0.15, 0.2) is 66.9 Å². The molecule has 172 valence electrons. The summed E-state index contributed by atoms with van der Waals surface area (Å²) >= 11 is 0. The zero-order chi connectivity index (χ0) is 24.0. The molecule has 0 radical (unpaired) electrons. The van der Waals surface area contributed by atoms with Crippen LogP contribution in [-0.4, -0.2) is 20.3 Å². The van der Waals surface area contributed by atoms with Crippen molar-refractivity contribution in [1.82, 2.24) is 0 Å². The lowest BCUT2D eigenvalue weighted by Gasteiger charge is -2.18. The summed E-state index contributed by atoms with van der Waals surface area (Å²) in [5, 5.41) is 5.70. The smallest absolute Gasteiger partial charge is 0.220 e. The Labute approximate surface area is 200 Å². The van der Waals surface area contributed by atoms with Crippen LogP contribution in [0.5, 0.6) is 17.2 Å². The van der Waals surface area contributed by atoms with Gasteiger partial charge in [-0.25, -0.2) is 0 Å². The number of pyridine rings is 1. The van der Waals surface area contributed by atoms with Crippen LogP contribution in [0.2, 0.25) is 0 Å². The lowest BCUT2D eigenvalue weighted by Crippen LogP contribution is -2.29. The van der Waals surface area contributed by atoms with Crippen LogP contribution in [0, 0.1) is 6.92 Å². The molecule has 4 nitrogen and oxygen atoms in total. The fourth-order valence-electron chi connectivity index (χ4n) is 4.98. The third kappa shape index (κ3) is 3.41. The zero-order valence-corrected chi connectivity index (χ0v) is 20.6. The molecule has 0 fully saturated rings. The fraction of sp³-hybridized carbons (Fsp3) is 0.233. The third-order valence-corrected chi connectivity index (χ3v) is 6.41. The molecular weight excluding hydrogens is 422 g/mol. The van der Waals surface area contributed by atoms with Crippen LogP contribution in [0.4, 0.5) is 0 Å². The fourth-order valence-corrected chi connectivity index (χ4v) is 4.98. The molecule has 1 heterocycles. The summed E-state index contributed by atoms with van der Waals surface area (Å²) in [5.74, 6) is 2.41. The van der Waals surface area contributed by atoms with Crippen molar-refractivity contribution in [2.45, 2.75) is 26.9 Å². The van der Waals surface area contributed by atoms with Crippen molar-refractivity contribution in [3.8, 4) is 28.4 Å². The van der Waals surface area contributed by atoms with E-state index < -0.39 is 0 Å². The molecule has 0 bridgehead atoms. The standard InChI is InChI=1S/C30H30NO3/c1-18(2)34-29-19(3)12-13-21-23-15-14-22-24(28(23)31(4)17-25(21)29)16-26(32-5)30(33-6)27(22)20-10-8-7-9-11-20/h7-18H,1-6H3/q+1. The highest BCUT2D eigenvalue weighted by Gasteiger charge is 2.23. The molecule has 0 atom stereocenters. The molecule has 0 saturated heterocycles. The Morgan fingerprint density at radius 2 is 1.44 bits per heavy atom. The third-order valence-electron chi connectivity index (χ3n) is 6.41. The lowest BCUT2D eigenvalue weighted by atomic mass is 9.93. The van der Waals surface area contributed by atoms with Crippen molar-refractivity contribution in [1.29, 1.82) is 0 Å². The first kappa shape index (κ1) is 22.0. The van der Waals surface area contributed by atoms with Crippen molar-refractivity contribution in [3.05, 3.63) is 72.4 Å². The van der Waals surface area contributed by atoms with E-state index in [9.17, 15) is 0 Å². The first-order valence-electron chi connectivity index (χ1n) is 11.6. The van der Waals surface area contributed by atoms with E-state index in [1.807, 2.05) is 18.2 Å². The molecule has 34 heavy (non-hydrogen) atoms. The van der Waals surface area contributed by atoms with E-state index in [4.69, 9.17) is 14.2 Å². The van der Waals surface area contributed by atoms with Gasteiger partial charge in [0.15, 0.2) is 17.7 Å². The van der Waals surface area contributed by atoms with Crippen LogP contribution in [-0.2, 0) is 7.05 Å². The van der Waals surface area contributed by atoms with Gasteiger partial charge in [0, 0.05) is 16.3 Å². The number of aromatic nitrogens is 1. The maximum atomic E-state index is 6.24. The maximum Gasteiger partial charge on any atom is 0.220 e. The average molecular weight is 453 g/mol. The molecular formula is C30H30NO3+. The lowest BCUT2D eigenvalue weighted by molar-refractivity contribution is -0.642. The van der Waals surface area contributed by atoms with Crippen LogP contribution >= 0.6 is 0 Å². The number of methoxy groups -OCH3 is 2. The Kier molecular flexibility index (Phi) is 5.52. The molecule has 0 aliphatic carbocycles. The second-order valence-corrected chi connectivity index (χ2v) is 8.99. The minimum Gasteiger partial charge on any atom is -0.493 e. The topological polar surface area (TPSA) is 31.6 Å². The summed E-state index contributed by atoms with van der Waals surface area (Å²) in [6.07, 6.45) is 2.29. The van der Waals surface area contributed by atoms with Crippen LogP contribution in [0.1, 0.15) is 19.4 Å². The molecule has 5 rings (SSSR count). The van der Waals surface area contributed by atoms with E-state index in [-0.39, 0.29) is 6.10 Å². The van der Waals surface area contributed by atoms with Gasteiger partial charge in [0.1, 0.15) is 12.8 Å². The SMILES string of the molecule is COc1cc2c(ccc3c4ccc(C)c(OC(C)C)c4c[n+](C)c23)c(-c2ccccc2)c1OC. The number of aryl methyl sites for hydroxylation is 2. The summed E-state index contributed by atoms with van der Waals surface area (Å²) in [6.45, 7) is 6.24. The molecule has 0 aliphatic heterocycles. The molecule has 1 aromatic heterocycles. The predicted octanol–water partition coefficient (Wildman–Crippen LogP) is 6.75. The molecule has 4 aromatic carbocycles. The Morgan fingerprint density at radius 3 is 2.12 bits per heavy atom. The van der Waals surface area contributed by atoms with Crippen LogP contribution in [0.3, 0.4) is 0 Å². The Bertz CT molecular complexity index is 1540. The van der Waals surface area contributed by atoms with Crippen molar-refractivity contribution in [2.75, 3.05) is 14.2 Å². The Balaban J connectivity index is 1.94. The Morgan fingerprint density at radius 1 is 0.735 bits per heavy atom. The second kappa shape index (κ2) is 8.53. The van der Waals surface area contributed by atoms with Gasteiger partial charge in [-0.2, -0.15) is 4.57 Å². The molecule has 0 aliphatic rings. The summed E-state index contributed by atoms with van der Waals surface area (Å²) in [7, 11) is 5.49. The second-order valence-electron chi connectivity index (χ2n) is 8.99. The van der Waals surface area contributed by atoms with E-state index in [1.165, 1.54) is 10.8 Å². The highest BCUT2D eigenvalue weighted by atomic mass is 16.5. The molecule has 0 amide bonds. The van der Waals surface area contributed by atoms with Crippen molar-refractivity contribution in [3.63, 3.8) is 0 Å². The van der Waals surface area contributed by atoms with Gasteiger partial charge in [0.25, 0.3) is 0 Å². The van der Waals surface area contributed by atoms with E-state index in [0.717, 1.165) is 49.9 Å². The van der Waals surface area contributed by atoms with Gasteiger partial charge in [-0.1, -0.05) is 48.5 Å². The highest BCUT2D eigenvalue weighted by molar-refractivity contribution is 6.18. The minimum absolute atomic E-state index is 0.104. The summed E-state index contributed by atoms with van der Waals surface area (Å²) < 4.78 is 20.1. The number of ether oxygens (including phenoxy) is 3. The number of nitrogens with zero attached hydrogens (tertiary/aromatic N) is 1. The molecule has 5 aromatic rings. The number of rotatable bonds is 5. The number of benzene rings is 4. The van der Waals surface area contributed by atoms with E-state index in [1.54, 1.807) is 14.2 Å². The van der Waals surface area contributed by atoms with Crippen molar-refractivity contribution in [2.24, 2.45) is 7.05 Å². The van der Waals surface area contributed by atoms with Gasteiger partial charge in [0.2, 0.25) is 5.52 Å². The molecule has 0 spiro atoms. The molecule has 0 unspecified atom stereocenters. The van der Waals surface area contributed by atoms with E-state index in [2.05, 4.69) is 81.0 Å². The highest BCUT2D eigenvalue weighted by Crippen LogP contribution is 2.46. The normalized spacial score (nSPS) is 11.5. The van der Waals surface area contributed by atoms with Gasteiger partial charge in [0.05, 0.1) is 36.5 Å². The zero-order valence-electron chi connectivity index (χ0n) is 20.6. The predicted molar refractivity (Wildman–Crippen MR) is 139 cm³/mol. The summed E-state index contributed by atoms with van der Waals surface area (Å²) in [4.78, 5) is 0. The van der Waals surface area contributed by atoms with E-state index in [0.29, 0.717) is 5.75 Å². The first-order chi connectivity index (χ1) is 16.4. The van der Waals surface area contributed by atoms with Crippen LogP contribution in [0.25, 0.3) is 43.6 Å².